The fourth-order valence-electron chi connectivity index (χ4n) is 6.00. The van der Waals surface area contributed by atoms with Gasteiger partial charge < -0.3 is 20.4 Å². The number of aromatic nitrogens is 2. The molecule has 5 rings (SSSR count). The summed E-state index contributed by atoms with van der Waals surface area (Å²) >= 11 is 0. The number of carbonyl (C=O) groups is 3. The first-order valence-electron chi connectivity index (χ1n) is 14.9. The van der Waals surface area contributed by atoms with E-state index in [9.17, 15) is 27.6 Å². The molecule has 0 radical (unpaired) electrons. The number of imide groups is 1. The van der Waals surface area contributed by atoms with Crippen LogP contribution in [0.25, 0.3) is 0 Å². The molecule has 0 bridgehead atoms. The van der Waals surface area contributed by atoms with E-state index in [-0.39, 0.29) is 29.4 Å². The Labute approximate surface area is 253 Å². The monoisotopic (exact) mass is 612 g/mol. The van der Waals surface area contributed by atoms with Crippen molar-refractivity contribution in [2.75, 3.05) is 42.5 Å². The Morgan fingerprint density at radius 1 is 1.09 bits per heavy atom. The van der Waals surface area contributed by atoms with Crippen molar-refractivity contribution in [2.24, 2.45) is 5.92 Å². The normalized spacial score (nSPS) is 21.0. The summed E-state index contributed by atoms with van der Waals surface area (Å²) in [5.41, 5.74) is 1.50. The molecule has 2 atom stereocenters. The Morgan fingerprint density at radius 2 is 1.80 bits per heavy atom. The number of amides is 4. The van der Waals surface area contributed by atoms with Crippen LogP contribution in [0, 0.1) is 17.2 Å². The van der Waals surface area contributed by atoms with Gasteiger partial charge in [0.1, 0.15) is 23.7 Å². The molecule has 234 valence electrons. The third-order valence-corrected chi connectivity index (χ3v) is 8.52. The third kappa shape index (κ3) is 7.03. The molecule has 2 N–H and O–H groups in total. The number of hydrogen-bond donors (Lipinski definition) is 2. The van der Waals surface area contributed by atoms with Gasteiger partial charge in [-0.3, -0.25) is 14.5 Å². The van der Waals surface area contributed by atoms with Crippen molar-refractivity contribution >= 4 is 29.5 Å². The van der Waals surface area contributed by atoms with E-state index in [0.717, 1.165) is 5.56 Å². The maximum atomic E-state index is 13.9. The SMILES string of the molecule is C[C@@H]1NC(=O)N(CCC2CCN(c3cc(N4CCC[C@H]4C(=O)NCCc4ccc(C#N)cc4)nc(C(F)(F)F)n3)CC2)C1=O. The van der Waals surface area contributed by atoms with Crippen LogP contribution in [0.4, 0.5) is 29.6 Å². The average Bonchev–Trinajstić information content (AvgIpc) is 3.60. The lowest BCUT2D eigenvalue weighted by Crippen LogP contribution is -2.44. The zero-order valence-electron chi connectivity index (χ0n) is 24.4. The van der Waals surface area contributed by atoms with Crippen LogP contribution in [0.3, 0.4) is 0 Å². The molecule has 1 aromatic heterocycles. The number of alkyl halides is 3. The highest BCUT2D eigenvalue weighted by Crippen LogP contribution is 2.34. The topological polar surface area (TPSA) is 135 Å². The first-order valence-corrected chi connectivity index (χ1v) is 14.9. The predicted octanol–water partition coefficient (Wildman–Crippen LogP) is 3.24. The molecule has 0 unspecified atom stereocenters. The summed E-state index contributed by atoms with van der Waals surface area (Å²) in [7, 11) is 0. The largest absolute Gasteiger partial charge is 0.451 e. The van der Waals surface area contributed by atoms with Gasteiger partial charge in [-0.05, 0) is 69.1 Å². The molecule has 0 aliphatic carbocycles. The summed E-state index contributed by atoms with van der Waals surface area (Å²) < 4.78 is 41.7. The van der Waals surface area contributed by atoms with Crippen molar-refractivity contribution in [3.63, 3.8) is 0 Å². The number of urea groups is 1. The summed E-state index contributed by atoms with van der Waals surface area (Å²) in [6.45, 7) is 3.62. The second kappa shape index (κ2) is 13.1. The number of halogens is 3. The number of anilines is 2. The maximum Gasteiger partial charge on any atom is 0.451 e. The number of nitrogens with zero attached hydrogens (tertiary/aromatic N) is 6. The lowest BCUT2D eigenvalue weighted by molar-refractivity contribution is -0.144. The van der Waals surface area contributed by atoms with Crippen molar-refractivity contribution in [3.05, 3.63) is 47.3 Å². The summed E-state index contributed by atoms with van der Waals surface area (Å²) in [5.74, 6) is -1.32. The molecule has 3 aliphatic heterocycles. The van der Waals surface area contributed by atoms with Gasteiger partial charge >= 0.3 is 12.2 Å². The van der Waals surface area contributed by atoms with Crippen molar-refractivity contribution in [2.45, 2.75) is 63.7 Å². The lowest BCUT2D eigenvalue weighted by atomic mass is 9.93. The van der Waals surface area contributed by atoms with Crippen LogP contribution in [0.1, 0.15) is 56.0 Å². The molecule has 4 amide bonds. The smallest absolute Gasteiger partial charge is 0.356 e. The number of rotatable bonds is 9. The molecule has 4 heterocycles. The molecule has 3 fully saturated rings. The Hall–Kier alpha value is -4.41. The summed E-state index contributed by atoms with van der Waals surface area (Å²) in [6.07, 6.45) is -1.11. The van der Waals surface area contributed by atoms with E-state index in [1.54, 1.807) is 28.9 Å². The second-order valence-electron chi connectivity index (χ2n) is 11.5. The molecule has 44 heavy (non-hydrogen) atoms. The van der Waals surface area contributed by atoms with Gasteiger partial charge in [0, 0.05) is 38.8 Å². The number of nitriles is 1. The van der Waals surface area contributed by atoms with E-state index >= 15 is 0 Å². The Kier molecular flexibility index (Phi) is 9.22. The van der Waals surface area contributed by atoms with Crippen molar-refractivity contribution < 1.29 is 27.6 Å². The van der Waals surface area contributed by atoms with E-state index in [1.807, 2.05) is 12.1 Å². The molecule has 2 aromatic rings. The number of benzene rings is 1. The number of carbonyl (C=O) groups excluding carboxylic acids is 3. The minimum absolute atomic E-state index is 0.0712. The van der Waals surface area contributed by atoms with Crippen LogP contribution in [0.2, 0.25) is 0 Å². The van der Waals surface area contributed by atoms with Gasteiger partial charge in [0.25, 0.3) is 5.91 Å². The minimum atomic E-state index is -4.76. The van der Waals surface area contributed by atoms with Crippen LogP contribution in [-0.2, 0) is 22.2 Å². The molecular formula is C30H35F3N8O3. The van der Waals surface area contributed by atoms with Gasteiger partial charge in [0.2, 0.25) is 11.7 Å². The zero-order valence-corrected chi connectivity index (χ0v) is 24.4. The quantitative estimate of drug-likeness (QED) is 0.413. The van der Waals surface area contributed by atoms with Gasteiger partial charge in [-0.25, -0.2) is 14.8 Å². The Morgan fingerprint density at radius 3 is 2.43 bits per heavy atom. The third-order valence-electron chi connectivity index (χ3n) is 8.52. The van der Waals surface area contributed by atoms with Crippen LogP contribution < -0.4 is 20.4 Å². The van der Waals surface area contributed by atoms with E-state index in [1.165, 1.54) is 11.0 Å². The van der Waals surface area contributed by atoms with Gasteiger partial charge in [-0.2, -0.15) is 18.4 Å². The molecule has 1 aromatic carbocycles. The van der Waals surface area contributed by atoms with Gasteiger partial charge in [0.15, 0.2) is 0 Å². The fourth-order valence-corrected chi connectivity index (χ4v) is 6.00. The molecule has 3 saturated heterocycles. The summed E-state index contributed by atoms with van der Waals surface area (Å²) in [5, 5.41) is 14.4. The van der Waals surface area contributed by atoms with E-state index in [2.05, 4.69) is 26.7 Å². The van der Waals surface area contributed by atoms with Crippen LogP contribution >= 0.6 is 0 Å². The second-order valence-corrected chi connectivity index (χ2v) is 11.5. The van der Waals surface area contributed by atoms with Gasteiger partial charge in [-0.15, -0.1) is 0 Å². The van der Waals surface area contributed by atoms with Crippen LogP contribution in [0.5, 0.6) is 0 Å². The number of piperidine rings is 1. The molecule has 0 saturated carbocycles. The highest BCUT2D eigenvalue weighted by atomic mass is 19.4. The highest BCUT2D eigenvalue weighted by molar-refractivity contribution is 6.03. The van der Waals surface area contributed by atoms with Crippen molar-refractivity contribution in [1.82, 2.24) is 25.5 Å². The zero-order chi connectivity index (χ0) is 31.4. The van der Waals surface area contributed by atoms with Gasteiger partial charge in [-0.1, -0.05) is 12.1 Å². The van der Waals surface area contributed by atoms with Crippen LogP contribution in [-0.4, -0.2) is 77.5 Å². The van der Waals surface area contributed by atoms with E-state index < -0.39 is 30.1 Å². The summed E-state index contributed by atoms with van der Waals surface area (Å²) in [4.78, 5) is 49.6. The lowest BCUT2D eigenvalue weighted by Gasteiger charge is -2.34. The molecule has 0 spiro atoms. The summed E-state index contributed by atoms with van der Waals surface area (Å²) in [6, 6.07) is 9.08. The molecule has 3 aliphatic rings. The first-order chi connectivity index (χ1) is 21.0. The predicted molar refractivity (Wildman–Crippen MR) is 155 cm³/mol. The Bertz CT molecular complexity index is 1420. The molecular weight excluding hydrogens is 577 g/mol. The fraction of sp³-hybridized carbons (Fsp3) is 0.533. The van der Waals surface area contributed by atoms with Gasteiger partial charge in [0.05, 0.1) is 11.6 Å². The van der Waals surface area contributed by atoms with Crippen LogP contribution in [0.15, 0.2) is 30.3 Å². The van der Waals surface area contributed by atoms with E-state index in [0.29, 0.717) is 76.8 Å². The minimum Gasteiger partial charge on any atom is -0.356 e. The number of nitrogens with one attached hydrogen (secondary N) is 2. The van der Waals surface area contributed by atoms with Crippen molar-refractivity contribution in [3.8, 4) is 6.07 Å². The molecule has 14 heteroatoms. The average molecular weight is 613 g/mol. The van der Waals surface area contributed by atoms with E-state index in [4.69, 9.17) is 5.26 Å². The molecule has 11 nitrogen and oxygen atoms in total. The maximum absolute atomic E-state index is 13.9. The Balaban J connectivity index is 1.22. The number of hydrogen-bond acceptors (Lipinski definition) is 8. The standard InChI is InChI=1S/C30H35F3N8O3/c1-19-27(43)41(29(44)36-19)16-11-21-9-14-39(15-10-21)24-17-25(38-28(37-24)30(31,32)33)40-13-2-3-23(40)26(42)35-12-8-20-4-6-22(18-34)7-5-20/h4-7,17,19,21,23H,2-3,8-16H2,1H3,(H,35,42)(H,36,44)/t19-,23-/m0/s1. The highest BCUT2D eigenvalue weighted by Gasteiger charge is 2.39. The first kappa shape index (κ1) is 31.0. The van der Waals surface area contributed by atoms with Crippen molar-refractivity contribution in [1.29, 1.82) is 5.26 Å².